The van der Waals surface area contributed by atoms with Crippen molar-refractivity contribution in [2.45, 2.75) is 37.1 Å². The molecule has 9 heteroatoms. The van der Waals surface area contributed by atoms with Gasteiger partial charge in [-0.15, -0.1) is 0 Å². The van der Waals surface area contributed by atoms with Gasteiger partial charge in [0.05, 0.1) is 14.9 Å². The van der Waals surface area contributed by atoms with Gasteiger partial charge in [0, 0.05) is 17.8 Å². The standard InChI is InChI=1S/C20H20Cl2N2O4S/c1-13(25)14-5-4-6-16(11-14)29(27,28)24-10-3-2-7-19(24)20(26)23-15-8-9-17(21)18(22)12-15/h4-6,8-9,11-12,19H,2-3,7,10H2,1H3,(H,23,26). The zero-order valence-corrected chi connectivity index (χ0v) is 18.0. The number of benzene rings is 2. The molecule has 0 aromatic heterocycles. The number of amides is 1. The van der Waals surface area contributed by atoms with Crippen molar-refractivity contribution in [3.8, 4) is 0 Å². The molecular weight excluding hydrogens is 435 g/mol. The molecule has 1 amide bonds. The Morgan fingerprint density at radius 2 is 1.83 bits per heavy atom. The summed E-state index contributed by atoms with van der Waals surface area (Å²) in [6.45, 7) is 1.60. The van der Waals surface area contributed by atoms with Crippen LogP contribution in [0.15, 0.2) is 47.4 Å². The van der Waals surface area contributed by atoms with Crippen LogP contribution in [0.1, 0.15) is 36.5 Å². The van der Waals surface area contributed by atoms with Crippen LogP contribution in [0.4, 0.5) is 5.69 Å². The Balaban J connectivity index is 1.88. The maximum absolute atomic E-state index is 13.2. The van der Waals surface area contributed by atoms with Gasteiger partial charge in [0.15, 0.2) is 5.78 Å². The summed E-state index contributed by atoms with van der Waals surface area (Å²) in [4.78, 5) is 24.5. The summed E-state index contributed by atoms with van der Waals surface area (Å²) in [7, 11) is -3.95. The molecular formula is C20H20Cl2N2O4S. The van der Waals surface area contributed by atoms with Crippen molar-refractivity contribution >= 4 is 50.6 Å². The van der Waals surface area contributed by atoms with Crippen LogP contribution in [-0.4, -0.2) is 37.0 Å². The number of rotatable bonds is 5. The summed E-state index contributed by atoms with van der Waals surface area (Å²) < 4.78 is 27.7. The van der Waals surface area contributed by atoms with Crippen molar-refractivity contribution < 1.29 is 18.0 Å². The Morgan fingerprint density at radius 3 is 2.52 bits per heavy atom. The number of nitrogens with zero attached hydrogens (tertiary/aromatic N) is 1. The lowest BCUT2D eigenvalue weighted by atomic mass is 10.0. The summed E-state index contributed by atoms with van der Waals surface area (Å²) in [5.74, 6) is -0.663. The van der Waals surface area contributed by atoms with E-state index in [-0.39, 0.29) is 17.2 Å². The number of Topliss-reactive ketones (excluding diaryl/α,β-unsaturated/α-hetero) is 1. The molecule has 1 fully saturated rings. The van der Waals surface area contributed by atoms with Crippen LogP contribution in [0.5, 0.6) is 0 Å². The minimum atomic E-state index is -3.95. The first-order chi connectivity index (χ1) is 13.7. The topological polar surface area (TPSA) is 83.6 Å². The van der Waals surface area contributed by atoms with E-state index in [0.29, 0.717) is 34.1 Å². The Bertz CT molecular complexity index is 1060. The van der Waals surface area contributed by atoms with Gasteiger partial charge in [-0.2, -0.15) is 4.31 Å². The molecule has 1 aliphatic rings. The third-order valence-electron chi connectivity index (χ3n) is 4.79. The smallest absolute Gasteiger partial charge is 0.243 e. The molecule has 0 spiro atoms. The molecule has 0 aliphatic carbocycles. The number of carbonyl (C=O) groups is 2. The van der Waals surface area contributed by atoms with E-state index in [2.05, 4.69) is 5.32 Å². The van der Waals surface area contributed by atoms with Gasteiger partial charge in [-0.25, -0.2) is 8.42 Å². The third-order valence-corrected chi connectivity index (χ3v) is 7.43. The van der Waals surface area contributed by atoms with Crippen LogP contribution in [0.3, 0.4) is 0 Å². The summed E-state index contributed by atoms with van der Waals surface area (Å²) in [5, 5.41) is 3.37. The molecule has 2 aromatic carbocycles. The molecule has 29 heavy (non-hydrogen) atoms. The lowest BCUT2D eigenvalue weighted by Gasteiger charge is -2.33. The molecule has 0 saturated carbocycles. The van der Waals surface area contributed by atoms with E-state index in [1.807, 2.05) is 0 Å². The van der Waals surface area contributed by atoms with Gasteiger partial charge < -0.3 is 5.32 Å². The van der Waals surface area contributed by atoms with Crippen molar-refractivity contribution in [1.29, 1.82) is 0 Å². The number of nitrogens with one attached hydrogen (secondary N) is 1. The van der Waals surface area contributed by atoms with Crippen LogP contribution in [0.2, 0.25) is 10.0 Å². The highest BCUT2D eigenvalue weighted by Crippen LogP contribution is 2.28. The Morgan fingerprint density at radius 1 is 1.07 bits per heavy atom. The van der Waals surface area contributed by atoms with Gasteiger partial charge >= 0.3 is 0 Å². The molecule has 1 saturated heterocycles. The predicted octanol–water partition coefficient (Wildman–Crippen LogP) is 4.38. The highest BCUT2D eigenvalue weighted by atomic mass is 35.5. The number of hydrogen-bond acceptors (Lipinski definition) is 4. The first-order valence-electron chi connectivity index (χ1n) is 9.09. The minimum Gasteiger partial charge on any atom is -0.325 e. The van der Waals surface area contributed by atoms with E-state index < -0.39 is 22.0 Å². The summed E-state index contributed by atoms with van der Waals surface area (Å²) in [5.41, 5.74) is 0.741. The van der Waals surface area contributed by atoms with Crippen LogP contribution in [0.25, 0.3) is 0 Å². The van der Waals surface area contributed by atoms with Gasteiger partial charge in [-0.05, 0) is 50.1 Å². The number of ketones is 1. The predicted molar refractivity (Wildman–Crippen MR) is 113 cm³/mol. The number of hydrogen-bond donors (Lipinski definition) is 1. The van der Waals surface area contributed by atoms with E-state index in [4.69, 9.17) is 23.2 Å². The third kappa shape index (κ3) is 4.80. The molecule has 3 rings (SSSR count). The monoisotopic (exact) mass is 454 g/mol. The first kappa shape index (κ1) is 21.8. The highest BCUT2D eigenvalue weighted by Gasteiger charge is 2.37. The molecule has 0 radical (unpaired) electrons. The van der Waals surface area contributed by atoms with E-state index in [1.54, 1.807) is 18.2 Å². The average Bonchev–Trinajstić information content (AvgIpc) is 2.70. The van der Waals surface area contributed by atoms with Crippen LogP contribution in [0, 0.1) is 0 Å². The van der Waals surface area contributed by atoms with E-state index in [1.165, 1.54) is 35.5 Å². The number of sulfonamides is 1. The zero-order valence-electron chi connectivity index (χ0n) is 15.7. The van der Waals surface area contributed by atoms with Crippen molar-refractivity contribution in [3.05, 3.63) is 58.1 Å². The number of halogens is 2. The van der Waals surface area contributed by atoms with Crippen LogP contribution in [-0.2, 0) is 14.8 Å². The van der Waals surface area contributed by atoms with Gasteiger partial charge in [0.1, 0.15) is 6.04 Å². The second-order valence-corrected chi connectivity index (χ2v) is 9.53. The fourth-order valence-electron chi connectivity index (χ4n) is 3.27. The average molecular weight is 455 g/mol. The maximum atomic E-state index is 13.2. The van der Waals surface area contributed by atoms with Gasteiger partial charge in [-0.1, -0.05) is 41.8 Å². The second kappa shape index (κ2) is 8.83. The van der Waals surface area contributed by atoms with E-state index in [0.717, 1.165) is 6.42 Å². The maximum Gasteiger partial charge on any atom is 0.243 e. The Hall–Kier alpha value is -1.93. The molecule has 1 aliphatic heterocycles. The lowest BCUT2D eigenvalue weighted by Crippen LogP contribution is -2.49. The van der Waals surface area contributed by atoms with Crippen molar-refractivity contribution in [3.63, 3.8) is 0 Å². The summed E-state index contributed by atoms with van der Waals surface area (Å²) in [6.07, 6.45) is 1.79. The van der Waals surface area contributed by atoms with Crippen molar-refractivity contribution in [2.24, 2.45) is 0 Å². The quantitative estimate of drug-likeness (QED) is 0.679. The van der Waals surface area contributed by atoms with E-state index in [9.17, 15) is 18.0 Å². The SMILES string of the molecule is CC(=O)c1cccc(S(=O)(=O)N2CCCCC2C(=O)Nc2ccc(Cl)c(Cl)c2)c1. The Labute approximate surface area is 179 Å². The van der Waals surface area contributed by atoms with Gasteiger partial charge in [0.2, 0.25) is 15.9 Å². The number of anilines is 1. The summed E-state index contributed by atoms with van der Waals surface area (Å²) in [6, 6.07) is 9.69. The zero-order chi connectivity index (χ0) is 21.2. The van der Waals surface area contributed by atoms with Crippen molar-refractivity contribution in [2.75, 3.05) is 11.9 Å². The molecule has 1 atom stereocenters. The molecule has 1 heterocycles. The molecule has 1 N–H and O–H groups in total. The molecule has 1 unspecified atom stereocenters. The van der Waals surface area contributed by atoms with Crippen LogP contribution < -0.4 is 5.32 Å². The Kier molecular flexibility index (Phi) is 6.63. The lowest BCUT2D eigenvalue weighted by molar-refractivity contribution is -0.120. The largest absolute Gasteiger partial charge is 0.325 e. The first-order valence-corrected chi connectivity index (χ1v) is 11.3. The highest BCUT2D eigenvalue weighted by molar-refractivity contribution is 7.89. The fraction of sp³-hybridized carbons (Fsp3) is 0.300. The second-order valence-electron chi connectivity index (χ2n) is 6.83. The minimum absolute atomic E-state index is 0.000521. The number of carbonyl (C=O) groups excluding carboxylic acids is 2. The van der Waals surface area contributed by atoms with Gasteiger partial charge in [0.25, 0.3) is 0 Å². The fourth-order valence-corrected chi connectivity index (χ4v) is 5.27. The number of piperidine rings is 1. The van der Waals surface area contributed by atoms with Crippen molar-refractivity contribution in [1.82, 2.24) is 4.31 Å². The molecule has 0 bridgehead atoms. The normalized spacial score (nSPS) is 17.7. The summed E-state index contributed by atoms with van der Waals surface area (Å²) >= 11 is 11.9. The molecule has 154 valence electrons. The molecule has 2 aromatic rings. The molecule has 6 nitrogen and oxygen atoms in total. The van der Waals surface area contributed by atoms with Gasteiger partial charge in [-0.3, -0.25) is 9.59 Å². The van der Waals surface area contributed by atoms with E-state index >= 15 is 0 Å². The van der Waals surface area contributed by atoms with Crippen LogP contribution >= 0.6 is 23.2 Å².